The maximum absolute atomic E-state index is 3.51. The minimum Gasteiger partial charge on any atom is -0.159 e. The van der Waals surface area contributed by atoms with E-state index < -0.39 is 0 Å². The first kappa shape index (κ1) is 10.8. The Kier molecular flexibility index (Phi) is 7.08. The third-order valence-corrected chi connectivity index (χ3v) is 3.71. The van der Waals surface area contributed by atoms with Crippen molar-refractivity contribution in [2.75, 3.05) is 11.1 Å². The van der Waals surface area contributed by atoms with Gasteiger partial charge in [0.2, 0.25) is 0 Å². The highest BCUT2D eigenvalue weighted by molar-refractivity contribution is 9.09. The maximum Gasteiger partial charge on any atom is 0.00674 e. The Balaban J connectivity index is 3.26. The highest BCUT2D eigenvalue weighted by Crippen LogP contribution is 2.17. The fourth-order valence-corrected chi connectivity index (χ4v) is 2.60. The fourth-order valence-electron chi connectivity index (χ4n) is 0.600. The monoisotopic (exact) mass is 224 g/mol. The van der Waals surface area contributed by atoms with Gasteiger partial charge >= 0.3 is 0 Å². The van der Waals surface area contributed by atoms with Gasteiger partial charge in [-0.1, -0.05) is 43.1 Å². The van der Waals surface area contributed by atoms with Crippen molar-refractivity contribution in [2.24, 2.45) is 5.92 Å². The number of alkyl halides is 1. The summed E-state index contributed by atoms with van der Waals surface area (Å²) in [6.45, 7) is 6.77. The summed E-state index contributed by atoms with van der Waals surface area (Å²) < 4.78 is 0. The molecule has 0 aromatic heterocycles. The van der Waals surface area contributed by atoms with E-state index in [1.165, 1.54) is 12.2 Å². The lowest BCUT2D eigenvalue weighted by molar-refractivity contribution is 0.651. The summed E-state index contributed by atoms with van der Waals surface area (Å²) >= 11 is 5.57. The van der Waals surface area contributed by atoms with Crippen molar-refractivity contribution in [2.45, 2.75) is 32.4 Å². The predicted octanol–water partition coefficient (Wildman–Crippen LogP) is 3.55. The van der Waals surface area contributed by atoms with Crippen molar-refractivity contribution in [3.63, 3.8) is 0 Å². The molecule has 0 nitrogen and oxygen atoms in total. The molecule has 0 fully saturated rings. The zero-order valence-electron chi connectivity index (χ0n) is 7.06. The maximum atomic E-state index is 3.51. The van der Waals surface area contributed by atoms with Gasteiger partial charge in [0, 0.05) is 5.33 Å². The summed E-state index contributed by atoms with van der Waals surface area (Å²) in [6, 6.07) is 0. The molecule has 62 valence electrons. The molecule has 0 aromatic carbocycles. The van der Waals surface area contributed by atoms with Crippen LogP contribution in [0.1, 0.15) is 27.2 Å². The molecule has 0 N–H and O–H groups in total. The van der Waals surface area contributed by atoms with Gasteiger partial charge in [0.05, 0.1) is 0 Å². The second-order valence-corrected chi connectivity index (χ2v) is 5.07. The minimum absolute atomic E-state index is 0.785. The van der Waals surface area contributed by atoms with E-state index in [0.29, 0.717) is 0 Å². The summed E-state index contributed by atoms with van der Waals surface area (Å²) in [7, 11) is 0. The molecule has 0 radical (unpaired) electrons. The van der Waals surface area contributed by atoms with Crippen LogP contribution in [-0.4, -0.2) is 16.3 Å². The molecule has 0 aliphatic heterocycles. The van der Waals surface area contributed by atoms with Crippen LogP contribution < -0.4 is 0 Å². The van der Waals surface area contributed by atoms with Gasteiger partial charge in [-0.3, -0.25) is 0 Å². The van der Waals surface area contributed by atoms with Gasteiger partial charge in [-0.2, -0.15) is 11.8 Å². The Morgan fingerprint density at radius 3 is 2.30 bits per heavy atom. The zero-order valence-corrected chi connectivity index (χ0v) is 9.46. The number of rotatable bonds is 5. The average Bonchev–Trinajstić information content (AvgIpc) is 1.90. The normalized spacial score (nSPS) is 14.1. The van der Waals surface area contributed by atoms with E-state index in [1.807, 2.05) is 0 Å². The fraction of sp³-hybridized carbons (Fsp3) is 1.00. The lowest BCUT2D eigenvalue weighted by Gasteiger charge is -2.11. The molecule has 0 aliphatic rings. The van der Waals surface area contributed by atoms with Crippen LogP contribution in [0.5, 0.6) is 0 Å². The van der Waals surface area contributed by atoms with E-state index in [9.17, 15) is 0 Å². The van der Waals surface area contributed by atoms with Crippen LogP contribution in [0.4, 0.5) is 0 Å². The number of thioether (sulfide) groups is 1. The van der Waals surface area contributed by atoms with Gasteiger partial charge in [-0.15, -0.1) is 0 Å². The first-order valence-electron chi connectivity index (χ1n) is 3.88. The van der Waals surface area contributed by atoms with Crippen molar-refractivity contribution in [1.29, 1.82) is 0 Å². The Labute approximate surface area is 77.3 Å². The molecule has 0 aliphatic carbocycles. The highest BCUT2D eigenvalue weighted by Gasteiger charge is 2.04. The van der Waals surface area contributed by atoms with Gasteiger partial charge < -0.3 is 0 Å². The first-order chi connectivity index (χ1) is 4.70. The Morgan fingerprint density at radius 2 is 2.00 bits per heavy atom. The van der Waals surface area contributed by atoms with Crippen LogP contribution in [0.15, 0.2) is 0 Å². The van der Waals surface area contributed by atoms with Gasteiger partial charge in [0.1, 0.15) is 0 Å². The summed E-state index contributed by atoms with van der Waals surface area (Å²) in [6.07, 6.45) is 1.30. The van der Waals surface area contributed by atoms with Crippen LogP contribution in [0.25, 0.3) is 0 Å². The third kappa shape index (κ3) is 5.60. The quantitative estimate of drug-likeness (QED) is 0.645. The third-order valence-electron chi connectivity index (χ3n) is 1.46. The second-order valence-electron chi connectivity index (χ2n) is 2.81. The van der Waals surface area contributed by atoms with Gasteiger partial charge in [0.25, 0.3) is 0 Å². The molecule has 10 heavy (non-hydrogen) atoms. The summed E-state index contributed by atoms with van der Waals surface area (Å²) in [4.78, 5) is 0. The SMILES string of the molecule is CCC(CBr)CSC(C)C. The van der Waals surface area contributed by atoms with Crippen LogP contribution in [-0.2, 0) is 0 Å². The van der Waals surface area contributed by atoms with Crippen molar-refractivity contribution in [3.8, 4) is 0 Å². The smallest absolute Gasteiger partial charge is 0.00674 e. The summed E-state index contributed by atoms with van der Waals surface area (Å²) in [5.41, 5.74) is 0. The van der Waals surface area contributed by atoms with Crippen LogP contribution in [0.2, 0.25) is 0 Å². The Hall–Kier alpha value is 0.830. The lowest BCUT2D eigenvalue weighted by atomic mass is 10.2. The molecule has 0 bridgehead atoms. The summed E-state index contributed by atoms with van der Waals surface area (Å²) in [5, 5.41) is 1.94. The molecule has 0 aromatic rings. The van der Waals surface area contributed by atoms with Crippen molar-refractivity contribution < 1.29 is 0 Å². The molecule has 0 heterocycles. The molecule has 1 unspecified atom stereocenters. The standard InChI is InChI=1S/C8H17BrS/c1-4-8(5-9)6-10-7(2)3/h7-8H,4-6H2,1-3H3. The molecule has 0 rings (SSSR count). The van der Waals surface area contributed by atoms with Crippen molar-refractivity contribution in [1.82, 2.24) is 0 Å². The highest BCUT2D eigenvalue weighted by atomic mass is 79.9. The van der Waals surface area contributed by atoms with Crippen molar-refractivity contribution >= 4 is 27.7 Å². The van der Waals surface area contributed by atoms with E-state index in [2.05, 4.69) is 48.5 Å². The predicted molar refractivity (Wildman–Crippen MR) is 55.2 cm³/mol. The van der Waals surface area contributed by atoms with E-state index in [1.54, 1.807) is 0 Å². The molecule has 0 saturated carbocycles. The molecule has 0 spiro atoms. The zero-order chi connectivity index (χ0) is 7.98. The number of hydrogen-bond donors (Lipinski definition) is 0. The first-order valence-corrected chi connectivity index (χ1v) is 6.05. The van der Waals surface area contributed by atoms with E-state index >= 15 is 0 Å². The average molecular weight is 225 g/mol. The molecular weight excluding hydrogens is 208 g/mol. The molecule has 0 saturated heterocycles. The van der Waals surface area contributed by atoms with E-state index in [-0.39, 0.29) is 0 Å². The Bertz CT molecular complexity index is 69.7. The van der Waals surface area contributed by atoms with Gasteiger partial charge in [-0.25, -0.2) is 0 Å². The number of halogens is 1. The molecular formula is C8H17BrS. The summed E-state index contributed by atoms with van der Waals surface area (Å²) in [5.74, 6) is 2.17. The van der Waals surface area contributed by atoms with Gasteiger partial charge in [-0.05, 0) is 16.9 Å². The molecule has 2 heteroatoms. The van der Waals surface area contributed by atoms with E-state index in [0.717, 1.165) is 16.5 Å². The van der Waals surface area contributed by atoms with E-state index in [4.69, 9.17) is 0 Å². The van der Waals surface area contributed by atoms with Crippen LogP contribution >= 0.6 is 27.7 Å². The minimum atomic E-state index is 0.785. The number of hydrogen-bond acceptors (Lipinski definition) is 1. The molecule has 0 amide bonds. The Morgan fingerprint density at radius 1 is 1.40 bits per heavy atom. The van der Waals surface area contributed by atoms with Crippen LogP contribution in [0.3, 0.4) is 0 Å². The van der Waals surface area contributed by atoms with Crippen molar-refractivity contribution in [3.05, 3.63) is 0 Å². The second kappa shape index (κ2) is 6.53. The molecule has 1 atom stereocenters. The topological polar surface area (TPSA) is 0 Å². The van der Waals surface area contributed by atoms with Crippen LogP contribution in [0, 0.1) is 5.92 Å². The largest absolute Gasteiger partial charge is 0.159 e. The lowest BCUT2D eigenvalue weighted by Crippen LogP contribution is -2.05. The van der Waals surface area contributed by atoms with Gasteiger partial charge in [0.15, 0.2) is 0 Å².